The normalized spacial score (nSPS) is 11.5. The first kappa shape index (κ1) is 18.9. The molecule has 0 radical (unpaired) electrons. The van der Waals surface area contributed by atoms with Gasteiger partial charge in [-0.05, 0) is 43.7 Å². The standard InChI is InChI=1S/C19H23ClN2O3/c1-4-25-17-9-6-14(7-10-17)13(2)22-19(23)21-12-15-5-8-16(20)11-18(15)24-3/h5-11,13H,4,12H2,1-3H3,(H2,21,22,23). The fourth-order valence-corrected chi connectivity index (χ4v) is 2.55. The van der Waals surface area contributed by atoms with Crippen molar-refractivity contribution in [2.75, 3.05) is 13.7 Å². The molecule has 2 rings (SSSR count). The number of amides is 2. The summed E-state index contributed by atoms with van der Waals surface area (Å²) in [7, 11) is 1.57. The Hall–Kier alpha value is -2.40. The van der Waals surface area contributed by atoms with Crippen LogP contribution in [-0.2, 0) is 6.54 Å². The lowest BCUT2D eigenvalue weighted by atomic mass is 10.1. The number of hydrogen-bond acceptors (Lipinski definition) is 3. The van der Waals surface area contributed by atoms with Crippen molar-refractivity contribution in [2.45, 2.75) is 26.4 Å². The van der Waals surface area contributed by atoms with Crippen LogP contribution >= 0.6 is 11.6 Å². The van der Waals surface area contributed by atoms with E-state index in [0.717, 1.165) is 16.9 Å². The van der Waals surface area contributed by atoms with Gasteiger partial charge in [0.05, 0.1) is 19.8 Å². The van der Waals surface area contributed by atoms with Crippen molar-refractivity contribution < 1.29 is 14.3 Å². The second-order valence-corrected chi connectivity index (χ2v) is 5.94. The van der Waals surface area contributed by atoms with Crippen molar-refractivity contribution in [1.82, 2.24) is 10.6 Å². The third-order valence-corrected chi connectivity index (χ3v) is 3.96. The van der Waals surface area contributed by atoms with Gasteiger partial charge >= 0.3 is 6.03 Å². The van der Waals surface area contributed by atoms with Crippen LogP contribution in [0.1, 0.15) is 31.0 Å². The van der Waals surface area contributed by atoms with Crippen LogP contribution in [0.15, 0.2) is 42.5 Å². The number of halogens is 1. The van der Waals surface area contributed by atoms with Crippen LogP contribution in [0.4, 0.5) is 4.79 Å². The Morgan fingerprint density at radius 3 is 2.56 bits per heavy atom. The fraction of sp³-hybridized carbons (Fsp3) is 0.316. The minimum atomic E-state index is -0.251. The molecular weight excluding hydrogens is 340 g/mol. The molecule has 0 aromatic heterocycles. The van der Waals surface area contributed by atoms with Crippen LogP contribution in [0.5, 0.6) is 11.5 Å². The van der Waals surface area contributed by atoms with Crippen LogP contribution in [0.3, 0.4) is 0 Å². The monoisotopic (exact) mass is 362 g/mol. The van der Waals surface area contributed by atoms with Crippen molar-refractivity contribution in [2.24, 2.45) is 0 Å². The molecule has 2 aromatic carbocycles. The van der Waals surface area contributed by atoms with Gasteiger partial charge in [0.15, 0.2) is 0 Å². The summed E-state index contributed by atoms with van der Waals surface area (Å²) in [4.78, 5) is 12.1. The second-order valence-electron chi connectivity index (χ2n) is 5.51. The molecule has 0 fully saturated rings. The smallest absolute Gasteiger partial charge is 0.315 e. The lowest BCUT2D eigenvalue weighted by Crippen LogP contribution is -2.36. The Balaban J connectivity index is 1.89. The lowest BCUT2D eigenvalue weighted by Gasteiger charge is -2.16. The van der Waals surface area contributed by atoms with Crippen LogP contribution in [0.2, 0.25) is 5.02 Å². The average Bonchev–Trinajstić information content (AvgIpc) is 2.61. The van der Waals surface area contributed by atoms with Gasteiger partial charge < -0.3 is 20.1 Å². The van der Waals surface area contributed by atoms with Gasteiger partial charge in [0.1, 0.15) is 11.5 Å². The lowest BCUT2D eigenvalue weighted by molar-refractivity contribution is 0.237. The van der Waals surface area contributed by atoms with Crippen molar-refractivity contribution in [3.05, 3.63) is 58.6 Å². The van der Waals surface area contributed by atoms with E-state index in [4.69, 9.17) is 21.1 Å². The number of methoxy groups -OCH3 is 1. The molecule has 1 atom stereocenters. The zero-order chi connectivity index (χ0) is 18.2. The molecule has 0 bridgehead atoms. The molecule has 1 unspecified atom stereocenters. The van der Waals surface area contributed by atoms with E-state index in [0.29, 0.717) is 23.9 Å². The van der Waals surface area contributed by atoms with E-state index in [2.05, 4.69) is 10.6 Å². The molecule has 0 aliphatic rings. The van der Waals surface area contributed by atoms with Gasteiger partial charge in [-0.25, -0.2) is 4.79 Å². The summed E-state index contributed by atoms with van der Waals surface area (Å²) in [5.41, 5.74) is 1.86. The number of urea groups is 1. The molecule has 2 amide bonds. The third kappa shape index (κ3) is 5.57. The zero-order valence-electron chi connectivity index (χ0n) is 14.6. The first-order valence-electron chi connectivity index (χ1n) is 8.13. The third-order valence-electron chi connectivity index (χ3n) is 3.73. The van der Waals surface area contributed by atoms with Crippen LogP contribution in [0.25, 0.3) is 0 Å². The molecule has 0 aliphatic heterocycles. The minimum Gasteiger partial charge on any atom is -0.496 e. The maximum atomic E-state index is 12.1. The highest BCUT2D eigenvalue weighted by Crippen LogP contribution is 2.23. The molecular formula is C19H23ClN2O3. The van der Waals surface area contributed by atoms with E-state index in [1.54, 1.807) is 19.2 Å². The maximum absolute atomic E-state index is 12.1. The van der Waals surface area contributed by atoms with Gasteiger partial charge in [-0.15, -0.1) is 0 Å². The van der Waals surface area contributed by atoms with Crippen molar-refractivity contribution in [3.8, 4) is 11.5 Å². The Labute approximate surface area is 153 Å². The minimum absolute atomic E-state index is 0.122. The van der Waals surface area contributed by atoms with Crippen molar-refractivity contribution in [3.63, 3.8) is 0 Å². The summed E-state index contributed by atoms with van der Waals surface area (Å²) in [6.07, 6.45) is 0. The van der Waals surface area contributed by atoms with E-state index >= 15 is 0 Å². The molecule has 25 heavy (non-hydrogen) atoms. The highest BCUT2D eigenvalue weighted by Gasteiger charge is 2.11. The predicted octanol–water partition coefficient (Wildman–Crippen LogP) is 4.31. The molecule has 6 heteroatoms. The first-order chi connectivity index (χ1) is 12.0. The SMILES string of the molecule is CCOc1ccc(C(C)NC(=O)NCc2ccc(Cl)cc2OC)cc1. The van der Waals surface area contributed by atoms with E-state index in [1.807, 2.05) is 44.2 Å². The summed E-state index contributed by atoms with van der Waals surface area (Å²) < 4.78 is 10.7. The number of ether oxygens (including phenoxy) is 2. The summed E-state index contributed by atoms with van der Waals surface area (Å²) in [6, 6.07) is 12.6. The van der Waals surface area contributed by atoms with E-state index < -0.39 is 0 Å². The van der Waals surface area contributed by atoms with Gasteiger partial charge in [-0.2, -0.15) is 0 Å². The number of nitrogens with one attached hydrogen (secondary N) is 2. The number of benzene rings is 2. The molecule has 0 spiro atoms. The van der Waals surface area contributed by atoms with Crippen molar-refractivity contribution >= 4 is 17.6 Å². The molecule has 0 saturated carbocycles. The Morgan fingerprint density at radius 2 is 1.92 bits per heavy atom. The van der Waals surface area contributed by atoms with E-state index in [-0.39, 0.29) is 12.1 Å². The van der Waals surface area contributed by atoms with Crippen molar-refractivity contribution in [1.29, 1.82) is 0 Å². The van der Waals surface area contributed by atoms with Crippen LogP contribution in [0, 0.1) is 0 Å². The Morgan fingerprint density at radius 1 is 1.20 bits per heavy atom. The molecule has 2 N–H and O–H groups in total. The number of carbonyl (C=O) groups excluding carboxylic acids is 1. The van der Waals surface area contributed by atoms with Gasteiger partial charge in [0.2, 0.25) is 0 Å². The highest BCUT2D eigenvalue weighted by molar-refractivity contribution is 6.30. The summed E-state index contributed by atoms with van der Waals surface area (Å²) in [5, 5.41) is 6.33. The highest BCUT2D eigenvalue weighted by atomic mass is 35.5. The van der Waals surface area contributed by atoms with Gasteiger partial charge in [-0.3, -0.25) is 0 Å². The molecule has 134 valence electrons. The number of hydrogen-bond donors (Lipinski definition) is 2. The number of rotatable bonds is 7. The molecule has 0 aliphatic carbocycles. The first-order valence-corrected chi connectivity index (χ1v) is 8.50. The quantitative estimate of drug-likeness (QED) is 0.771. The number of carbonyl (C=O) groups is 1. The summed E-state index contributed by atoms with van der Waals surface area (Å²) >= 11 is 5.94. The van der Waals surface area contributed by atoms with Crippen LogP contribution in [-0.4, -0.2) is 19.7 Å². The Bertz CT molecular complexity index is 704. The Kier molecular flexibility index (Phi) is 6.95. The van der Waals surface area contributed by atoms with Gasteiger partial charge in [-0.1, -0.05) is 29.8 Å². The predicted molar refractivity (Wildman–Crippen MR) is 99.4 cm³/mol. The maximum Gasteiger partial charge on any atom is 0.315 e. The van der Waals surface area contributed by atoms with Gasteiger partial charge in [0.25, 0.3) is 0 Å². The molecule has 0 saturated heterocycles. The second kappa shape index (κ2) is 9.18. The topological polar surface area (TPSA) is 59.6 Å². The largest absolute Gasteiger partial charge is 0.496 e. The van der Waals surface area contributed by atoms with Gasteiger partial charge in [0, 0.05) is 17.1 Å². The van der Waals surface area contributed by atoms with E-state index in [1.165, 1.54) is 0 Å². The molecule has 5 nitrogen and oxygen atoms in total. The zero-order valence-corrected chi connectivity index (χ0v) is 15.4. The summed E-state index contributed by atoms with van der Waals surface area (Å²) in [6.45, 7) is 4.85. The molecule has 2 aromatic rings. The van der Waals surface area contributed by atoms with Crippen LogP contribution < -0.4 is 20.1 Å². The molecule has 0 heterocycles. The summed E-state index contributed by atoms with van der Waals surface area (Å²) in [5.74, 6) is 1.46. The average molecular weight is 363 g/mol. The van der Waals surface area contributed by atoms with E-state index in [9.17, 15) is 4.79 Å². The fourth-order valence-electron chi connectivity index (χ4n) is 2.39.